The van der Waals surface area contributed by atoms with Gasteiger partial charge in [-0.15, -0.1) is 0 Å². The number of carbonyl (C=O) groups excluding carboxylic acids is 1. The Balaban J connectivity index is 3.17. The minimum atomic E-state index is -0.0614. The van der Waals surface area contributed by atoms with Gasteiger partial charge < -0.3 is 9.47 Å². The molecular weight excluding hydrogens is 312 g/mol. The van der Waals surface area contributed by atoms with Gasteiger partial charge in [0.25, 0.3) is 0 Å². The van der Waals surface area contributed by atoms with Gasteiger partial charge in [-0.25, -0.2) is 0 Å². The van der Waals surface area contributed by atoms with Crippen LogP contribution in [-0.2, 0) is 14.3 Å². The lowest BCUT2D eigenvalue weighted by atomic mass is 10.1. The van der Waals surface area contributed by atoms with Gasteiger partial charge in [-0.3, -0.25) is 4.79 Å². The van der Waals surface area contributed by atoms with E-state index in [2.05, 4.69) is 19.1 Å². The molecule has 0 aromatic rings. The summed E-state index contributed by atoms with van der Waals surface area (Å²) in [4.78, 5) is 11.5. The van der Waals surface area contributed by atoms with Crippen molar-refractivity contribution < 1.29 is 14.3 Å². The van der Waals surface area contributed by atoms with Crippen LogP contribution in [0.3, 0.4) is 0 Å². The molecule has 0 saturated carbocycles. The smallest absolute Gasteiger partial charge is 0.305 e. The van der Waals surface area contributed by atoms with Crippen LogP contribution in [-0.4, -0.2) is 26.3 Å². The number of hydrogen-bond donors (Lipinski definition) is 0. The number of hydrogen-bond acceptors (Lipinski definition) is 3. The molecule has 148 valence electrons. The van der Waals surface area contributed by atoms with Gasteiger partial charge >= 0.3 is 5.97 Å². The van der Waals surface area contributed by atoms with Crippen LogP contribution in [0.4, 0.5) is 0 Å². The van der Waals surface area contributed by atoms with E-state index in [1.54, 1.807) is 7.11 Å². The minimum Gasteiger partial charge on any atom is -0.466 e. The monoisotopic (exact) mass is 354 g/mol. The molecule has 0 atom stereocenters. The van der Waals surface area contributed by atoms with Gasteiger partial charge in [-0.1, -0.05) is 70.4 Å². The van der Waals surface area contributed by atoms with Crippen molar-refractivity contribution in [2.45, 2.75) is 103 Å². The first-order valence-electron chi connectivity index (χ1n) is 10.6. The molecule has 0 aliphatic carbocycles. The first kappa shape index (κ1) is 24.2. The summed E-state index contributed by atoms with van der Waals surface area (Å²) < 4.78 is 10.1. The first-order valence-corrected chi connectivity index (χ1v) is 10.6. The van der Waals surface area contributed by atoms with E-state index in [1.807, 2.05) is 0 Å². The van der Waals surface area contributed by atoms with Crippen LogP contribution < -0.4 is 0 Å². The highest BCUT2D eigenvalue weighted by molar-refractivity contribution is 5.69. The van der Waals surface area contributed by atoms with Crippen LogP contribution in [0.1, 0.15) is 103 Å². The van der Waals surface area contributed by atoms with Gasteiger partial charge in [0.05, 0.1) is 6.61 Å². The van der Waals surface area contributed by atoms with Crippen LogP contribution in [0.2, 0.25) is 0 Å². The zero-order chi connectivity index (χ0) is 18.4. The molecule has 3 nitrogen and oxygen atoms in total. The van der Waals surface area contributed by atoms with Crippen LogP contribution in [0.25, 0.3) is 0 Å². The highest BCUT2D eigenvalue weighted by atomic mass is 16.5. The van der Waals surface area contributed by atoms with Gasteiger partial charge in [0.15, 0.2) is 0 Å². The average molecular weight is 355 g/mol. The lowest BCUT2D eigenvalue weighted by molar-refractivity contribution is -0.144. The quantitative estimate of drug-likeness (QED) is 0.149. The average Bonchev–Trinajstić information content (AvgIpc) is 2.62. The Hall–Kier alpha value is -0.830. The number of allylic oxidation sites excluding steroid dienone is 2. The summed E-state index contributed by atoms with van der Waals surface area (Å²) >= 11 is 0. The molecule has 0 rings (SSSR count). The molecule has 0 unspecified atom stereocenters. The normalized spacial score (nSPS) is 11.3. The largest absolute Gasteiger partial charge is 0.466 e. The number of unbranched alkanes of at least 4 members (excludes halogenated alkanes) is 11. The lowest BCUT2D eigenvalue weighted by Crippen LogP contribution is -2.07. The number of carbonyl (C=O) groups is 1. The highest BCUT2D eigenvalue weighted by Crippen LogP contribution is 2.10. The van der Waals surface area contributed by atoms with E-state index in [1.165, 1.54) is 70.6 Å². The standard InChI is InChI=1S/C22H42O3/c1-3-4-5-6-7-8-9-10-11-12-13-14-15-16-17-19-22(23)25-21-18-20-24-2/h10-11H,3-9,12-21H2,1-2H3/b11-10+. The molecule has 25 heavy (non-hydrogen) atoms. The van der Waals surface area contributed by atoms with Crippen molar-refractivity contribution in [3.8, 4) is 0 Å². The van der Waals surface area contributed by atoms with E-state index in [9.17, 15) is 4.79 Å². The van der Waals surface area contributed by atoms with Crippen molar-refractivity contribution in [1.82, 2.24) is 0 Å². The molecule has 0 aliphatic heterocycles. The summed E-state index contributed by atoms with van der Waals surface area (Å²) in [7, 11) is 1.66. The summed E-state index contributed by atoms with van der Waals surface area (Å²) in [6.07, 6.45) is 22.6. The molecule has 0 N–H and O–H groups in total. The second-order valence-electron chi connectivity index (χ2n) is 6.90. The Kier molecular flexibility index (Phi) is 20.5. The van der Waals surface area contributed by atoms with Crippen LogP contribution >= 0.6 is 0 Å². The van der Waals surface area contributed by atoms with Crippen molar-refractivity contribution in [2.75, 3.05) is 20.3 Å². The Morgan fingerprint density at radius 2 is 1.28 bits per heavy atom. The van der Waals surface area contributed by atoms with E-state index in [0.717, 1.165) is 19.3 Å². The summed E-state index contributed by atoms with van der Waals surface area (Å²) in [5.74, 6) is -0.0614. The Morgan fingerprint density at radius 1 is 0.720 bits per heavy atom. The lowest BCUT2D eigenvalue weighted by Gasteiger charge is -2.04. The summed E-state index contributed by atoms with van der Waals surface area (Å²) in [5, 5.41) is 0. The fourth-order valence-electron chi connectivity index (χ4n) is 2.80. The summed E-state index contributed by atoms with van der Waals surface area (Å²) in [6, 6.07) is 0. The molecule has 0 bridgehead atoms. The predicted molar refractivity (Wildman–Crippen MR) is 107 cm³/mol. The van der Waals surface area contributed by atoms with E-state index in [0.29, 0.717) is 19.6 Å². The van der Waals surface area contributed by atoms with Gasteiger partial charge in [0, 0.05) is 26.6 Å². The van der Waals surface area contributed by atoms with Crippen molar-refractivity contribution in [3.63, 3.8) is 0 Å². The molecule has 0 fully saturated rings. The van der Waals surface area contributed by atoms with Gasteiger partial charge in [0.2, 0.25) is 0 Å². The zero-order valence-corrected chi connectivity index (χ0v) is 16.9. The highest BCUT2D eigenvalue weighted by Gasteiger charge is 2.02. The van der Waals surface area contributed by atoms with Crippen LogP contribution in [0.5, 0.6) is 0 Å². The Bertz CT molecular complexity index is 300. The molecule has 0 radical (unpaired) electrons. The van der Waals surface area contributed by atoms with E-state index in [4.69, 9.17) is 9.47 Å². The molecule has 0 aromatic carbocycles. The fraction of sp³-hybridized carbons (Fsp3) is 0.864. The maximum Gasteiger partial charge on any atom is 0.305 e. The molecule has 0 saturated heterocycles. The molecule has 0 spiro atoms. The number of esters is 1. The first-order chi connectivity index (χ1) is 12.3. The molecular formula is C22H42O3. The van der Waals surface area contributed by atoms with Crippen molar-refractivity contribution in [2.24, 2.45) is 0 Å². The molecule has 0 aromatic heterocycles. The van der Waals surface area contributed by atoms with Gasteiger partial charge in [-0.2, -0.15) is 0 Å². The summed E-state index contributed by atoms with van der Waals surface area (Å²) in [5.41, 5.74) is 0. The van der Waals surface area contributed by atoms with Gasteiger partial charge in [0.1, 0.15) is 0 Å². The Labute approximate surface area is 156 Å². The van der Waals surface area contributed by atoms with E-state index >= 15 is 0 Å². The maximum atomic E-state index is 11.5. The topological polar surface area (TPSA) is 35.5 Å². The van der Waals surface area contributed by atoms with Crippen LogP contribution in [0, 0.1) is 0 Å². The fourth-order valence-corrected chi connectivity index (χ4v) is 2.80. The molecule has 0 aliphatic rings. The van der Waals surface area contributed by atoms with Gasteiger partial charge in [-0.05, 0) is 32.1 Å². The Morgan fingerprint density at radius 3 is 1.88 bits per heavy atom. The van der Waals surface area contributed by atoms with Crippen molar-refractivity contribution in [1.29, 1.82) is 0 Å². The maximum absolute atomic E-state index is 11.5. The molecule has 0 amide bonds. The number of methoxy groups -OCH3 is 1. The number of ether oxygens (including phenoxy) is 2. The SMILES string of the molecule is CCCCCCCC/C=C/CCCCCCCC(=O)OCCCOC. The second kappa shape index (κ2) is 21.2. The summed E-state index contributed by atoms with van der Waals surface area (Å²) in [6.45, 7) is 3.40. The van der Waals surface area contributed by atoms with E-state index < -0.39 is 0 Å². The third-order valence-corrected chi connectivity index (χ3v) is 4.40. The predicted octanol–water partition coefficient (Wildman–Crippen LogP) is 6.60. The number of rotatable bonds is 19. The zero-order valence-electron chi connectivity index (χ0n) is 16.9. The minimum absolute atomic E-state index is 0.0614. The van der Waals surface area contributed by atoms with E-state index in [-0.39, 0.29) is 5.97 Å². The second-order valence-corrected chi connectivity index (χ2v) is 6.90. The van der Waals surface area contributed by atoms with Crippen LogP contribution in [0.15, 0.2) is 12.2 Å². The van der Waals surface area contributed by atoms with Crippen molar-refractivity contribution >= 4 is 5.97 Å². The van der Waals surface area contributed by atoms with Crippen molar-refractivity contribution in [3.05, 3.63) is 12.2 Å². The molecule has 0 heterocycles. The third-order valence-electron chi connectivity index (χ3n) is 4.40. The molecule has 3 heteroatoms. The third kappa shape index (κ3) is 21.1.